The molecular weight excluding hydrogens is 1130 g/mol. The molecule has 26 heteroatoms. The highest BCUT2D eigenvalue weighted by atomic mass is 32.1. The number of aryl methyl sites for hydroxylation is 2. The molecule has 6 rings (SSSR count). The molecule has 464 valence electrons. The maximum atomic E-state index is 15.4. The molecule has 6 amide bonds. The molecule has 1 unspecified atom stereocenters. The van der Waals surface area contributed by atoms with Gasteiger partial charge in [-0.05, 0) is 53.7 Å². The van der Waals surface area contributed by atoms with Crippen LogP contribution in [0.1, 0.15) is 69.8 Å². The van der Waals surface area contributed by atoms with E-state index in [1.54, 1.807) is 63.9 Å². The number of thiazole rings is 2. The number of hydrogen-bond donors (Lipinski definition) is 6. The number of ether oxygens (including phenoxy) is 6. The van der Waals surface area contributed by atoms with E-state index in [0.717, 1.165) is 47.6 Å². The second-order valence-corrected chi connectivity index (χ2v) is 24.6. The molecule has 6 N–H and O–H groups in total. The third-order valence-electron chi connectivity index (χ3n) is 14.2. The number of carbonyl (C=O) groups is 6. The number of benzene rings is 1. The van der Waals surface area contributed by atoms with Gasteiger partial charge in [0.2, 0.25) is 35.4 Å². The largest absolute Gasteiger partial charge is 0.388 e. The number of likely N-dealkylation sites (tertiary alicyclic amines) is 2. The molecule has 0 radical (unpaired) electrons. The van der Waals surface area contributed by atoms with E-state index in [9.17, 15) is 39.0 Å². The lowest BCUT2D eigenvalue weighted by molar-refractivity contribution is -0.145. The van der Waals surface area contributed by atoms with Crippen LogP contribution in [0.5, 0.6) is 0 Å². The predicted molar refractivity (Wildman–Crippen MR) is 310 cm³/mol. The Bertz CT molecular complexity index is 2720. The quantitative estimate of drug-likeness (QED) is 0.0505. The lowest BCUT2D eigenvalue weighted by Crippen LogP contribution is -2.59. The average molecular weight is 1220 g/mol. The van der Waals surface area contributed by atoms with Crippen molar-refractivity contribution in [1.29, 1.82) is 0 Å². The summed E-state index contributed by atoms with van der Waals surface area (Å²) in [6.07, 6.45) is -0.581. The Hall–Kier alpha value is -5.68. The van der Waals surface area contributed by atoms with Crippen LogP contribution in [-0.2, 0) is 63.7 Å². The second-order valence-electron chi connectivity index (χ2n) is 22.9. The maximum absolute atomic E-state index is 15.4. The number of hydrogen-bond acceptors (Lipinski definition) is 18. The summed E-state index contributed by atoms with van der Waals surface area (Å²) >= 11 is 3.06. The van der Waals surface area contributed by atoms with Crippen LogP contribution in [0.15, 0.2) is 53.5 Å². The topological polar surface area (TPSA) is 279 Å². The van der Waals surface area contributed by atoms with E-state index in [0.29, 0.717) is 6.42 Å². The molecule has 84 heavy (non-hydrogen) atoms. The zero-order chi connectivity index (χ0) is 61.1. The number of nitrogens with one attached hydrogen (secondary N) is 4. The summed E-state index contributed by atoms with van der Waals surface area (Å²) in [4.78, 5) is 93.3. The van der Waals surface area contributed by atoms with Crippen LogP contribution in [0.25, 0.3) is 16.0 Å². The van der Waals surface area contributed by atoms with Crippen molar-refractivity contribution < 1.29 is 76.2 Å². The fourth-order valence-corrected chi connectivity index (χ4v) is 11.2. The zero-order valence-electron chi connectivity index (χ0n) is 49.1. The number of allylic oxidation sites excluding steroid dienone is 3. The number of β-amino-alcohol motifs (C(OH)–C–C–N with tert-alkyl or cyclic N) is 2. The first-order valence-electron chi connectivity index (χ1n) is 28.1. The number of aromatic nitrogens is 2. The van der Waals surface area contributed by atoms with Gasteiger partial charge in [-0.1, -0.05) is 84.0 Å². The molecule has 1 aliphatic carbocycles. The van der Waals surface area contributed by atoms with E-state index >= 15 is 8.78 Å². The van der Waals surface area contributed by atoms with Crippen molar-refractivity contribution >= 4 is 63.7 Å². The number of carbonyl (C=O) groups excluding carboxylic acids is 6. The van der Waals surface area contributed by atoms with Crippen LogP contribution in [-0.4, -0.2) is 213 Å². The van der Waals surface area contributed by atoms with Gasteiger partial charge in [0, 0.05) is 13.1 Å². The molecule has 0 saturated carbocycles. The molecular formula is C58H82F2N8O14S2. The van der Waals surface area contributed by atoms with Crippen molar-refractivity contribution in [3.8, 4) is 10.4 Å². The molecule has 2 aromatic heterocycles. The Labute approximate surface area is 497 Å². The van der Waals surface area contributed by atoms with E-state index in [2.05, 4.69) is 37.3 Å². The lowest BCUT2D eigenvalue weighted by Gasteiger charge is -2.35. The Kier molecular flexibility index (Phi) is 25.8. The lowest BCUT2D eigenvalue weighted by atomic mass is 9.85. The molecule has 9 atom stereocenters. The van der Waals surface area contributed by atoms with E-state index in [-0.39, 0.29) is 85.1 Å². The minimum Gasteiger partial charge on any atom is -0.388 e. The number of alkyl halides is 2. The van der Waals surface area contributed by atoms with E-state index < -0.39 is 121 Å². The molecule has 3 aliphatic rings. The summed E-state index contributed by atoms with van der Waals surface area (Å²) in [5, 5.41) is 31.7. The number of halogens is 2. The van der Waals surface area contributed by atoms with Gasteiger partial charge in [0.1, 0.15) is 49.6 Å². The Morgan fingerprint density at radius 1 is 0.631 bits per heavy atom. The van der Waals surface area contributed by atoms with Gasteiger partial charge in [-0.25, -0.2) is 18.7 Å². The van der Waals surface area contributed by atoms with Crippen LogP contribution in [0.3, 0.4) is 0 Å². The summed E-state index contributed by atoms with van der Waals surface area (Å²) in [6.45, 7) is 14.8. The van der Waals surface area contributed by atoms with E-state index in [4.69, 9.17) is 28.4 Å². The molecule has 2 aliphatic heterocycles. The smallest absolute Gasteiger partial charge is 0.246 e. The number of aliphatic hydroxyl groups is 2. The minimum absolute atomic E-state index is 0.0547. The Morgan fingerprint density at radius 3 is 1.44 bits per heavy atom. The SMILES string of the molecule is Cc1ncsc1C1=CCC(CNC(=O)[C@@H]2[C@@H](F)[C@@H](O)CN2C(=O)[C@@H](NC(=O)COCCOCCOCCOCCOCCOCC(=O)N[C@H](C(=O)N2C[C@H](O)[C@H](F)[C@H]2C(=O)NCc2ccc(-c3scnc3C)cc2)C(C)(C)C)C(C)(C)C)C=C1. The summed E-state index contributed by atoms with van der Waals surface area (Å²) in [7, 11) is 0. The fraction of sp³-hybridized carbons (Fsp3) is 0.621. The highest BCUT2D eigenvalue weighted by Crippen LogP contribution is 2.32. The van der Waals surface area contributed by atoms with Crippen molar-refractivity contribution in [2.24, 2.45) is 16.7 Å². The van der Waals surface area contributed by atoms with Crippen LogP contribution in [0, 0.1) is 30.6 Å². The molecule has 1 aromatic carbocycles. The number of aliphatic hydroxyl groups excluding tert-OH is 2. The van der Waals surface area contributed by atoms with Crippen LogP contribution in [0.4, 0.5) is 8.78 Å². The monoisotopic (exact) mass is 1220 g/mol. The molecule has 4 heterocycles. The fourth-order valence-electron chi connectivity index (χ4n) is 9.53. The van der Waals surface area contributed by atoms with Gasteiger partial charge in [-0.15, -0.1) is 22.7 Å². The summed E-state index contributed by atoms with van der Waals surface area (Å²) in [5.41, 5.74) is 6.45. The standard InChI is InChI=1S/C58H82F2N8O14S2/c1-35-49(83-33-63-35)39-13-9-37(10-14-39)27-61-53(73)47-45(59)41(69)29-67(47)55(75)51(57(3,4)5)65-43(71)31-81-25-23-79-21-19-77-17-18-78-20-22-80-24-26-82-32-44(72)66-52(58(6,7)8)56(76)68-30-42(70)46(60)48(68)54(74)62-28-38-11-15-40(16-12-38)50-36(2)64-34-84-50/h9-11,13-16,33-34,38,41-42,45-48,51-52,69-70H,12,17-32H2,1-8H3,(H,61,73)(H,62,74)(H,65,71)(H,66,72)/t38?,41-,42-,45-,46-,47-,48-,51+,52+/m0/s1. The maximum Gasteiger partial charge on any atom is 0.246 e. The Balaban J connectivity index is 0.774. The van der Waals surface area contributed by atoms with Crippen molar-refractivity contribution in [3.63, 3.8) is 0 Å². The van der Waals surface area contributed by atoms with Gasteiger partial charge >= 0.3 is 0 Å². The second kappa shape index (κ2) is 32.2. The third kappa shape index (κ3) is 19.4. The van der Waals surface area contributed by atoms with Crippen molar-refractivity contribution in [2.45, 2.75) is 117 Å². The van der Waals surface area contributed by atoms with Gasteiger partial charge in [-0.3, -0.25) is 28.8 Å². The minimum atomic E-state index is -2.04. The first-order valence-corrected chi connectivity index (χ1v) is 29.9. The predicted octanol–water partition coefficient (Wildman–Crippen LogP) is 3.26. The first kappa shape index (κ1) is 67.4. The van der Waals surface area contributed by atoms with E-state index in [1.807, 2.05) is 50.3 Å². The van der Waals surface area contributed by atoms with Crippen molar-refractivity contribution in [2.75, 3.05) is 98.9 Å². The zero-order valence-corrected chi connectivity index (χ0v) is 50.7. The first-order chi connectivity index (χ1) is 40.0. The highest BCUT2D eigenvalue weighted by Gasteiger charge is 2.52. The molecule has 0 bridgehead atoms. The molecule has 0 spiro atoms. The summed E-state index contributed by atoms with van der Waals surface area (Å²) in [6, 6.07) is 1.96. The van der Waals surface area contributed by atoms with Crippen LogP contribution in [0.2, 0.25) is 0 Å². The summed E-state index contributed by atoms with van der Waals surface area (Å²) in [5.74, 6) is -4.18. The van der Waals surface area contributed by atoms with Gasteiger partial charge in [0.15, 0.2) is 12.3 Å². The molecule has 3 aromatic rings. The van der Waals surface area contributed by atoms with Gasteiger partial charge in [-0.2, -0.15) is 0 Å². The van der Waals surface area contributed by atoms with Gasteiger partial charge in [0.25, 0.3) is 0 Å². The van der Waals surface area contributed by atoms with Crippen LogP contribution < -0.4 is 21.3 Å². The number of amides is 6. The molecule has 22 nitrogen and oxygen atoms in total. The molecule has 2 saturated heterocycles. The van der Waals surface area contributed by atoms with Crippen molar-refractivity contribution in [3.05, 3.63) is 75.3 Å². The Morgan fingerprint density at radius 2 is 1.05 bits per heavy atom. The number of nitrogens with zero attached hydrogens (tertiary/aromatic N) is 4. The third-order valence-corrected chi connectivity index (χ3v) is 16.2. The van der Waals surface area contributed by atoms with Gasteiger partial charge < -0.3 is 69.7 Å². The number of rotatable bonds is 31. The normalized spacial score (nSPS) is 21.5. The summed E-state index contributed by atoms with van der Waals surface area (Å²) < 4.78 is 63.8. The van der Waals surface area contributed by atoms with Gasteiger partial charge in [0.05, 0.1) is 111 Å². The highest BCUT2D eigenvalue weighted by molar-refractivity contribution is 7.13. The van der Waals surface area contributed by atoms with E-state index in [1.165, 1.54) is 11.3 Å². The van der Waals surface area contributed by atoms with Crippen LogP contribution >= 0.6 is 22.7 Å². The average Bonchev–Trinajstić information content (AvgIpc) is 4.26. The van der Waals surface area contributed by atoms with Crippen molar-refractivity contribution in [1.82, 2.24) is 41.0 Å². The molecule has 2 fully saturated rings.